The molecular formula is C23H30N4O6S. The molecule has 2 amide bonds. The number of hydrogen-bond acceptors (Lipinski definition) is 7. The molecule has 1 aliphatic heterocycles. The van der Waals surface area contributed by atoms with Crippen molar-refractivity contribution < 1.29 is 27.5 Å². The number of aryl methyl sites for hydroxylation is 1. The zero-order valence-corrected chi connectivity index (χ0v) is 20.7. The van der Waals surface area contributed by atoms with Crippen LogP contribution in [0.25, 0.3) is 11.0 Å². The molecule has 3 atom stereocenters. The molecule has 10 nitrogen and oxygen atoms in total. The minimum absolute atomic E-state index is 0.121. The van der Waals surface area contributed by atoms with Gasteiger partial charge in [-0.15, -0.1) is 0 Å². The molecule has 34 heavy (non-hydrogen) atoms. The highest BCUT2D eigenvalue weighted by Crippen LogP contribution is 2.39. The van der Waals surface area contributed by atoms with Crippen LogP contribution < -0.4 is 0 Å². The molecule has 0 N–H and O–H groups in total. The Morgan fingerprint density at radius 2 is 1.79 bits per heavy atom. The third-order valence-corrected chi connectivity index (χ3v) is 8.65. The number of ether oxygens (including phenoxy) is 1. The van der Waals surface area contributed by atoms with Gasteiger partial charge < -0.3 is 9.30 Å². The second-order valence-electron chi connectivity index (χ2n) is 9.04. The Hall–Kier alpha value is -2.79. The first-order valence-corrected chi connectivity index (χ1v) is 13.0. The molecule has 1 aromatic carbocycles. The fraction of sp³-hybridized carbons (Fsp3) is 0.565. The lowest BCUT2D eigenvalue weighted by atomic mass is 9.81. The SMILES string of the molecule is CCn1c(COC(=O)[C@H](C)N2C(=O)C3CCCCC3C2=O)nc2cc(S(=O)(=O)N(C)C)ccc21. The van der Waals surface area contributed by atoms with Gasteiger partial charge in [-0.05, 0) is 44.9 Å². The van der Waals surface area contributed by atoms with E-state index in [1.165, 1.54) is 33.2 Å². The highest BCUT2D eigenvalue weighted by Gasteiger charge is 2.51. The summed E-state index contributed by atoms with van der Waals surface area (Å²) in [5.74, 6) is -1.44. The van der Waals surface area contributed by atoms with Gasteiger partial charge in [0, 0.05) is 20.6 Å². The van der Waals surface area contributed by atoms with E-state index in [1.807, 2.05) is 11.5 Å². The summed E-state index contributed by atoms with van der Waals surface area (Å²) in [6, 6.07) is 3.68. The van der Waals surface area contributed by atoms with Gasteiger partial charge in [-0.2, -0.15) is 0 Å². The summed E-state index contributed by atoms with van der Waals surface area (Å²) in [7, 11) is -0.697. The van der Waals surface area contributed by atoms with Gasteiger partial charge in [0.15, 0.2) is 0 Å². The fourth-order valence-electron chi connectivity index (χ4n) is 4.93. The van der Waals surface area contributed by atoms with Gasteiger partial charge in [0.25, 0.3) is 0 Å². The molecule has 1 saturated carbocycles. The smallest absolute Gasteiger partial charge is 0.329 e. The van der Waals surface area contributed by atoms with Crippen molar-refractivity contribution in [3.8, 4) is 0 Å². The lowest BCUT2D eigenvalue weighted by molar-refractivity contribution is -0.159. The van der Waals surface area contributed by atoms with Crippen molar-refractivity contribution >= 4 is 38.8 Å². The topological polar surface area (TPSA) is 119 Å². The van der Waals surface area contributed by atoms with Crippen LogP contribution in [0.1, 0.15) is 45.4 Å². The molecule has 0 bridgehead atoms. The Morgan fingerprint density at radius 1 is 1.18 bits per heavy atom. The number of benzene rings is 1. The van der Waals surface area contributed by atoms with E-state index in [2.05, 4.69) is 4.98 Å². The van der Waals surface area contributed by atoms with Gasteiger partial charge in [0.1, 0.15) is 18.5 Å². The van der Waals surface area contributed by atoms with Crippen molar-refractivity contribution in [1.82, 2.24) is 18.8 Å². The number of hydrogen-bond donors (Lipinski definition) is 0. The molecule has 2 fully saturated rings. The van der Waals surface area contributed by atoms with E-state index in [-0.39, 0.29) is 35.2 Å². The second-order valence-corrected chi connectivity index (χ2v) is 11.2. The molecule has 1 saturated heterocycles. The van der Waals surface area contributed by atoms with Gasteiger partial charge in [-0.1, -0.05) is 12.8 Å². The van der Waals surface area contributed by atoms with Crippen molar-refractivity contribution in [1.29, 1.82) is 0 Å². The summed E-state index contributed by atoms with van der Waals surface area (Å²) in [4.78, 5) is 44.0. The summed E-state index contributed by atoms with van der Waals surface area (Å²) >= 11 is 0. The first-order valence-electron chi connectivity index (χ1n) is 11.5. The predicted molar refractivity (Wildman–Crippen MR) is 123 cm³/mol. The summed E-state index contributed by atoms with van der Waals surface area (Å²) in [5, 5.41) is 0. The van der Waals surface area contributed by atoms with Crippen molar-refractivity contribution in [2.75, 3.05) is 14.1 Å². The summed E-state index contributed by atoms with van der Waals surface area (Å²) < 4.78 is 33.4. The van der Waals surface area contributed by atoms with E-state index in [0.29, 0.717) is 36.2 Å². The average molecular weight is 491 g/mol. The van der Waals surface area contributed by atoms with Crippen molar-refractivity contribution in [2.24, 2.45) is 11.8 Å². The van der Waals surface area contributed by atoms with E-state index >= 15 is 0 Å². The highest BCUT2D eigenvalue weighted by atomic mass is 32.2. The third-order valence-electron chi connectivity index (χ3n) is 6.84. The molecule has 1 aromatic heterocycles. The Bertz CT molecular complexity index is 1230. The van der Waals surface area contributed by atoms with E-state index in [0.717, 1.165) is 22.0 Å². The molecule has 0 radical (unpaired) electrons. The standard InChI is InChI=1S/C23H30N4O6S/c1-5-26-19-11-10-15(34(31,32)25(3)4)12-18(19)24-20(26)13-33-23(30)14(2)27-21(28)16-8-6-7-9-17(16)22(27)29/h10-12,14,16-17H,5-9,13H2,1-4H3/t14-,16?,17?/m0/s1. The Labute approximate surface area is 198 Å². The maximum atomic E-state index is 12.8. The largest absolute Gasteiger partial charge is 0.456 e. The van der Waals surface area contributed by atoms with Crippen LogP contribution in [0.15, 0.2) is 23.1 Å². The number of fused-ring (bicyclic) bond motifs is 2. The number of imidazole rings is 1. The zero-order chi connectivity index (χ0) is 24.8. The molecule has 11 heteroatoms. The van der Waals surface area contributed by atoms with Crippen molar-refractivity contribution in [3.63, 3.8) is 0 Å². The average Bonchev–Trinajstić information content (AvgIpc) is 3.30. The van der Waals surface area contributed by atoms with E-state index in [9.17, 15) is 22.8 Å². The maximum Gasteiger partial charge on any atom is 0.329 e. The van der Waals surface area contributed by atoms with Gasteiger partial charge >= 0.3 is 5.97 Å². The van der Waals surface area contributed by atoms with Crippen LogP contribution >= 0.6 is 0 Å². The van der Waals surface area contributed by atoms with Crippen LogP contribution in [-0.2, 0) is 42.3 Å². The Kier molecular flexibility index (Phi) is 6.52. The highest BCUT2D eigenvalue weighted by molar-refractivity contribution is 7.89. The molecular weight excluding hydrogens is 460 g/mol. The monoisotopic (exact) mass is 490 g/mol. The number of rotatable bonds is 7. The third kappa shape index (κ3) is 4.00. The van der Waals surface area contributed by atoms with Gasteiger partial charge in [-0.3, -0.25) is 14.5 Å². The summed E-state index contributed by atoms with van der Waals surface area (Å²) in [6.07, 6.45) is 3.19. The molecule has 184 valence electrons. The Morgan fingerprint density at radius 3 is 2.35 bits per heavy atom. The van der Waals surface area contributed by atoms with Crippen LogP contribution in [0.5, 0.6) is 0 Å². The van der Waals surface area contributed by atoms with Gasteiger partial charge in [-0.25, -0.2) is 22.5 Å². The molecule has 0 spiro atoms. The van der Waals surface area contributed by atoms with Crippen LogP contribution in [0, 0.1) is 11.8 Å². The number of esters is 1. The minimum Gasteiger partial charge on any atom is -0.456 e. The quantitative estimate of drug-likeness (QED) is 0.430. The number of amides is 2. The van der Waals surface area contributed by atoms with Crippen LogP contribution in [0.2, 0.25) is 0 Å². The number of nitrogens with zero attached hydrogens (tertiary/aromatic N) is 4. The molecule has 2 aromatic rings. The summed E-state index contributed by atoms with van der Waals surface area (Å²) in [5.41, 5.74) is 1.19. The number of carbonyl (C=O) groups excluding carboxylic acids is 3. The van der Waals surface area contributed by atoms with E-state index in [4.69, 9.17) is 4.74 Å². The fourth-order valence-corrected chi connectivity index (χ4v) is 5.85. The zero-order valence-electron chi connectivity index (χ0n) is 19.9. The molecule has 4 rings (SSSR count). The molecule has 2 aliphatic rings. The first kappa shape index (κ1) is 24.3. The number of aromatic nitrogens is 2. The number of likely N-dealkylation sites (tertiary alicyclic amines) is 1. The van der Waals surface area contributed by atoms with Gasteiger partial charge in [0.05, 0.1) is 27.8 Å². The summed E-state index contributed by atoms with van der Waals surface area (Å²) in [6.45, 7) is 3.79. The lowest BCUT2D eigenvalue weighted by Gasteiger charge is -2.21. The number of imide groups is 1. The van der Waals surface area contributed by atoms with E-state index < -0.39 is 22.0 Å². The van der Waals surface area contributed by atoms with Crippen molar-refractivity contribution in [2.45, 2.75) is 63.6 Å². The lowest BCUT2D eigenvalue weighted by Crippen LogP contribution is -2.44. The van der Waals surface area contributed by atoms with Gasteiger partial charge in [0.2, 0.25) is 21.8 Å². The van der Waals surface area contributed by atoms with Crippen LogP contribution in [0.3, 0.4) is 0 Å². The van der Waals surface area contributed by atoms with E-state index in [1.54, 1.807) is 6.07 Å². The number of carbonyl (C=O) groups is 3. The van der Waals surface area contributed by atoms with Crippen LogP contribution in [0.4, 0.5) is 0 Å². The molecule has 1 aliphatic carbocycles. The minimum atomic E-state index is -3.62. The van der Waals surface area contributed by atoms with Crippen LogP contribution in [-0.4, -0.2) is 65.1 Å². The Balaban J connectivity index is 1.52. The maximum absolute atomic E-state index is 12.8. The molecule has 2 heterocycles. The molecule has 2 unspecified atom stereocenters. The normalized spacial score (nSPS) is 21.9. The second kappa shape index (κ2) is 9.10. The van der Waals surface area contributed by atoms with Crippen molar-refractivity contribution in [3.05, 3.63) is 24.0 Å². The first-order chi connectivity index (χ1) is 16.1. The number of sulfonamides is 1. The predicted octanol–water partition coefficient (Wildman–Crippen LogP) is 1.91.